The van der Waals surface area contributed by atoms with Crippen LogP contribution >= 0.6 is 27.5 Å². The summed E-state index contributed by atoms with van der Waals surface area (Å²) in [6.07, 6.45) is 1.53. The number of hydrogen-bond acceptors (Lipinski definition) is 2. The Morgan fingerprint density at radius 3 is 2.73 bits per heavy atom. The van der Waals surface area contributed by atoms with Gasteiger partial charge in [-0.25, -0.2) is 4.98 Å². The Morgan fingerprint density at radius 2 is 2.20 bits per heavy atom. The van der Waals surface area contributed by atoms with Crippen molar-refractivity contribution in [3.63, 3.8) is 0 Å². The molecule has 0 N–H and O–H groups in total. The summed E-state index contributed by atoms with van der Waals surface area (Å²) >= 11 is 9.02. The first-order valence-corrected chi connectivity index (χ1v) is 5.68. The Balaban J connectivity index is 3.05. The van der Waals surface area contributed by atoms with Crippen LogP contribution in [0.1, 0.15) is 24.2 Å². The van der Waals surface area contributed by atoms with Gasteiger partial charge in [0.25, 0.3) is 5.91 Å². The van der Waals surface area contributed by atoms with E-state index in [2.05, 4.69) is 20.9 Å². The number of hydrogen-bond donors (Lipinski definition) is 0. The second-order valence-corrected chi connectivity index (χ2v) is 4.74. The third-order valence-electron chi connectivity index (χ3n) is 2.15. The first kappa shape index (κ1) is 12.5. The van der Waals surface area contributed by atoms with Crippen LogP contribution in [0.5, 0.6) is 0 Å². The van der Waals surface area contributed by atoms with Gasteiger partial charge >= 0.3 is 0 Å². The highest BCUT2D eigenvalue weighted by Crippen LogP contribution is 2.20. The molecule has 15 heavy (non-hydrogen) atoms. The zero-order chi connectivity index (χ0) is 11.6. The molecule has 1 aromatic rings. The molecule has 1 aromatic heterocycles. The van der Waals surface area contributed by atoms with Crippen molar-refractivity contribution in [2.75, 3.05) is 7.05 Å². The van der Waals surface area contributed by atoms with Gasteiger partial charge in [0.1, 0.15) is 5.15 Å². The molecule has 1 rings (SSSR count). The summed E-state index contributed by atoms with van der Waals surface area (Å²) in [5.74, 6) is -0.0684. The molecule has 0 aliphatic heterocycles. The zero-order valence-electron chi connectivity index (χ0n) is 8.79. The van der Waals surface area contributed by atoms with Gasteiger partial charge in [-0.15, -0.1) is 0 Å². The zero-order valence-corrected chi connectivity index (χ0v) is 11.1. The molecule has 0 aliphatic rings. The van der Waals surface area contributed by atoms with E-state index in [-0.39, 0.29) is 11.9 Å². The van der Waals surface area contributed by atoms with Gasteiger partial charge in [-0.05, 0) is 35.8 Å². The maximum Gasteiger partial charge on any atom is 0.255 e. The normalized spacial score (nSPS) is 10.5. The standard InChI is InChI=1S/C10H12BrClN2O/c1-6(2)14(3)10(15)7-4-9(12)13-5-8(7)11/h4-6H,1-3H3. The fourth-order valence-corrected chi connectivity index (χ4v) is 1.55. The molecule has 82 valence electrons. The minimum absolute atomic E-state index is 0.0684. The molecule has 0 saturated heterocycles. The van der Waals surface area contributed by atoms with Gasteiger partial charge in [0.05, 0.1) is 5.56 Å². The predicted octanol–water partition coefficient (Wildman–Crippen LogP) is 2.98. The molecule has 0 saturated carbocycles. The van der Waals surface area contributed by atoms with E-state index in [1.165, 1.54) is 6.20 Å². The fraction of sp³-hybridized carbons (Fsp3) is 0.400. The average molecular weight is 292 g/mol. The summed E-state index contributed by atoms with van der Waals surface area (Å²) < 4.78 is 0.657. The highest BCUT2D eigenvalue weighted by Gasteiger charge is 2.17. The van der Waals surface area contributed by atoms with E-state index in [1.54, 1.807) is 18.0 Å². The number of carbonyl (C=O) groups is 1. The van der Waals surface area contributed by atoms with Crippen LogP contribution in [0, 0.1) is 0 Å². The summed E-state index contributed by atoms with van der Waals surface area (Å²) in [5.41, 5.74) is 0.534. The Bertz CT molecular complexity index is 382. The summed E-state index contributed by atoms with van der Waals surface area (Å²) in [4.78, 5) is 17.5. The lowest BCUT2D eigenvalue weighted by molar-refractivity contribution is 0.0754. The highest BCUT2D eigenvalue weighted by atomic mass is 79.9. The smallest absolute Gasteiger partial charge is 0.255 e. The first-order chi connectivity index (χ1) is 6.93. The third kappa shape index (κ3) is 2.92. The van der Waals surface area contributed by atoms with Gasteiger partial charge in [0.2, 0.25) is 0 Å². The minimum Gasteiger partial charge on any atom is -0.339 e. The van der Waals surface area contributed by atoms with Gasteiger partial charge in [-0.2, -0.15) is 0 Å². The van der Waals surface area contributed by atoms with E-state index in [0.717, 1.165) is 0 Å². The molecular weight excluding hydrogens is 279 g/mol. The number of pyridine rings is 1. The largest absolute Gasteiger partial charge is 0.339 e. The predicted molar refractivity (Wildman–Crippen MR) is 64.2 cm³/mol. The van der Waals surface area contributed by atoms with E-state index in [9.17, 15) is 4.79 Å². The van der Waals surface area contributed by atoms with Crippen molar-refractivity contribution in [1.82, 2.24) is 9.88 Å². The van der Waals surface area contributed by atoms with Crippen LogP contribution in [0.15, 0.2) is 16.7 Å². The Hall–Kier alpha value is -0.610. The van der Waals surface area contributed by atoms with E-state index in [0.29, 0.717) is 15.2 Å². The van der Waals surface area contributed by atoms with Crippen molar-refractivity contribution in [2.24, 2.45) is 0 Å². The van der Waals surface area contributed by atoms with Crippen LogP contribution in [0.25, 0.3) is 0 Å². The maximum atomic E-state index is 12.0. The highest BCUT2D eigenvalue weighted by molar-refractivity contribution is 9.10. The Labute approximate surface area is 103 Å². The van der Waals surface area contributed by atoms with Crippen LogP contribution in [0.4, 0.5) is 0 Å². The Morgan fingerprint density at radius 1 is 1.60 bits per heavy atom. The molecule has 3 nitrogen and oxygen atoms in total. The van der Waals surface area contributed by atoms with Crippen LogP contribution in [-0.4, -0.2) is 28.9 Å². The molecule has 0 unspecified atom stereocenters. The number of rotatable bonds is 2. The summed E-state index contributed by atoms with van der Waals surface area (Å²) in [5, 5.41) is 0.318. The van der Waals surface area contributed by atoms with Crippen molar-refractivity contribution >= 4 is 33.4 Å². The lowest BCUT2D eigenvalue weighted by atomic mass is 10.2. The van der Waals surface area contributed by atoms with Crippen LogP contribution in [-0.2, 0) is 0 Å². The molecule has 0 atom stereocenters. The summed E-state index contributed by atoms with van der Waals surface area (Å²) in [6.45, 7) is 3.91. The SMILES string of the molecule is CC(C)N(C)C(=O)c1cc(Cl)ncc1Br. The number of nitrogens with zero attached hydrogens (tertiary/aromatic N) is 2. The summed E-state index contributed by atoms with van der Waals surface area (Å²) in [6, 6.07) is 1.71. The molecule has 0 spiro atoms. The molecule has 0 radical (unpaired) electrons. The van der Waals surface area contributed by atoms with Gasteiger partial charge in [0, 0.05) is 23.8 Å². The van der Waals surface area contributed by atoms with Crippen molar-refractivity contribution in [3.8, 4) is 0 Å². The Kier molecular flexibility index (Phi) is 4.11. The van der Waals surface area contributed by atoms with Gasteiger partial charge in [-0.1, -0.05) is 11.6 Å². The van der Waals surface area contributed by atoms with Crippen molar-refractivity contribution < 1.29 is 4.79 Å². The number of aromatic nitrogens is 1. The quantitative estimate of drug-likeness (QED) is 0.785. The van der Waals surface area contributed by atoms with E-state index in [4.69, 9.17) is 11.6 Å². The number of halogens is 2. The molecule has 1 heterocycles. The molecule has 0 fully saturated rings. The molecule has 0 aliphatic carbocycles. The van der Waals surface area contributed by atoms with Crippen LogP contribution in [0.2, 0.25) is 5.15 Å². The van der Waals surface area contributed by atoms with Crippen molar-refractivity contribution in [3.05, 3.63) is 27.5 Å². The second-order valence-electron chi connectivity index (χ2n) is 3.50. The minimum atomic E-state index is -0.0684. The topological polar surface area (TPSA) is 33.2 Å². The third-order valence-corrected chi connectivity index (χ3v) is 2.99. The second kappa shape index (κ2) is 4.94. The van der Waals surface area contributed by atoms with Crippen molar-refractivity contribution in [1.29, 1.82) is 0 Å². The maximum absolute atomic E-state index is 12.0. The fourth-order valence-electron chi connectivity index (χ4n) is 1.00. The lowest BCUT2D eigenvalue weighted by Crippen LogP contribution is -2.33. The van der Waals surface area contributed by atoms with Crippen LogP contribution < -0.4 is 0 Å². The molecule has 0 aromatic carbocycles. The van der Waals surface area contributed by atoms with E-state index in [1.807, 2.05) is 13.8 Å². The molecular formula is C10H12BrClN2O. The molecule has 1 amide bonds. The first-order valence-electron chi connectivity index (χ1n) is 4.51. The van der Waals surface area contributed by atoms with E-state index < -0.39 is 0 Å². The lowest BCUT2D eigenvalue weighted by Gasteiger charge is -2.21. The van der Waals surface area contributed by atoms with Gasteiger partial charge in [0.15, 0.2) is 0 Å². The van der Waals surface area contributed by atoms with E-state index >= 15 is 0 Å². The van der Waals surface area contributed by atoms with Crippen molar-refractivity contribution in [2.45, 2.75) is 19.9 Å². The molecule has 5 heteroatoms. The average Bonchev–Trinajstić information content (AvgIpc) is 2.19. The summed E-state index contributed by atoms with van der Waals surface area (Å²) in [7, 11) is 1.76. The monoisotopic (exact) mass is 290 g/mol. The van der Waals surface area contributed by atoms with Gasteiger partial charge < -0.3 is 4.90 Å². The number of amides is 1. The van der Waals surface area contributed by atoms with Crippen LogP contribution in [0.3, 0.4) is 0 Å². The molecule has 0 bridgehead atoms. The van der Waals surface area contributed by atoms with Gasteiger partial charge in [-0.3, -0.25) is 4.79 Å². The number of carbonyl (C=O) groups excluding carboxylic acids is 1.